The zero-order valence-corrected chi connectivity index (χ0v) is 17.3. The van der Waals surface area contributed by atoms with Crippen LogP contribution in [0.1, 0.15) is 18.3 Å². The maximum Gasteiger partial charge on any atom is 0.263 e. The molecule has 1 aliphatic heterocycles. The Kier molecular flexibility index (Phi) is 6.25. The fraction of sp³-hybridized carbons (Fsp3) is 0.333. The standard InChI is InChI=1S/C18H20BrNO6S/c1-23-15-10-14(19)17(11-16(15)24-2)27(21,22)20-13-6-3-5-12(9-13)18-25-7-4-8-26-18/h3,5-6,9-11,18,20H,4,7-8H2,1-2H3. The van der Waals surface area contributed by atoms with Crippen molar-refractivity contribution in [1.29, 1.82) is 0 Å². The predicted molar refractivity (Wildman–Crippen MR) is 104 cm³/mol. The van der Waals surface area contributed by atoms with Crippen molar-refractivity contribution in [3.8, 4) is 11.5 Å². The second-order valence-electron chi connectivity index (χ2n) is 5.80. The molecule has 2 aromatic rings. The lowest BCUT2D eigenvalue weighted by Crippen LogP contribution is -2.18. The summed E-state index contributed by atoms with van der Waals surface area (Å²) in [5.41, 5.74) is 1.16. The average Bonchev–Trinajstić information content (AvgIpc) is 2.68. The molecule has 2 aromatic carbocycles. The van der Waals surface area contributed by atoms with E-state index in [4.69, 9.17) is 18.9 Å². The maximum absolute atomic E-state index is 12.9. The molecular formula is C18H20BrNO6S. The molecule has 0 radical (unpaired) electrons. The van der Waals surface area contributed by atoms with E-state index in [-0.39, 0.29) is 4.90 Å². The van der Waals surface area contributed by atoms with Crippen LogP contribution in [0.15, 0.2) is 45.8 Å². The first-order valence-corrected chi connectivity index (χ1v) is 10.5. The van der Waals surface area contributed by atoms with Crippen LogP contribution in [-0.4, -0.2) is 35.9 Å². The minimum atomic E-state index is -3.86. The molecule has 146 valence electrons. The molecule has 1 heterocycles. The Morgan fingerprint density at radius 3 is 2.41 bits per heavy atom. The van der Waals surface area contributed by atoms with Gasteiger partial charge in [-0.1, -0.05) is 12.1 Å². The molecule has 9 heteroatoms. The Hall–Kier alpha value is -1.81. The molecule has 7 nitrogen and oxygen atoms in total. The van der Waals surface area contributed by atoms with E-state index in [2.05, 4.69) is 20.7 Å². The largest absolute Gasteiger partial charge is 0.493 e. The quantitative estimate of drug-likeness (QED) is 0.711. The van der Waals surface area contributed by atoms with E-state index in [9.17, 15) is 8.42 Å². The van der Waals surface area contributed by atoms with Crippen molar-refractivity contribution in [2.24, 2.45) is 0 Å². The Balaban J connectivity index is 1.89. The van der Waals surface area contributed by atoms with Crippen molar-refractivity contribution in [2.75, 3.05) is 32.2 Å². The summed E-state index contributed by atoms with van der Waals surface area (Å²) in [4.78, 5) is 0.0377. The Morgan fingerprint density at radius 1 is 1.07 bits per heavy atom. The highest BCUT2D eigenvalue weighted by Gasteiger charge is 2.22. The molecule has 0 amide bonds. The highest BCUT2D eigenvalue weighted by Crippen LogP contribution is 2.36. The third-order valence-electron chi connectivity index (χ3n) is 3.97. The molecule has 0 saturated carbocycles. The number of methoxy groups -OCH3 is 2. The van der Waals surface area contributed by atoms with Gasteiger partial charge in [-0.3, -0.25) is 4.72 Å². The van der Waals surface area contributed by atoms with Gasteiger partial charge in [0.15, 0.2) is 17.8 Å². The van der Waals surface area contributed by atoms with Gasteiger partial charge in [-0.15, -0.1) is 0 Å². The van der Waals surface area contributed by atoms with Crippen molar-refractivity contribution in [3.05, 3.63) is 46.4 Å². The molecular weight excluding hydrogens is 438 g/mol. The van der Waals surface area contributed by atoms with Gasteiger partial charge >= 0.3 is 0 Å². The number of hydrogen-bond donors (Lipinski definition) is 1. The number of anilines is 1. The highest BCUT2D eigenvalue weighted by atomic mass is 79.9. The molecule has 0 aromatic heterocycles. The zero-order chi connectivity index (χ0) is 19.4. The summed E-state index contributed by atoms with van der Waals surface area (Å²) in [6.45, 7) is 1.22. The SMILES string of the molecule is COc1cc(Br)c(S(=O)(=O)Nc2cccc(C3OCCCO3)c2)cc1OC. The van der Waals surface area contributed by atoms with Gasteiger partial charge in [0.05, 0.1) is 27.4 Å². The summed E-state index contributed by atoms with van der Waals surface area (Å²) in [6.07, 6.45) is 0.354. The van der Waals surface area contributed by atoms with Crippen LogP contribution in [-0.2, 0) is 19.5 Å². The normalized spacial score (nSPS) is 15.4. The molecule has 0 aliphatic carbocycles. The van der Waals surface area contributed by atoms with Gasteiger partial charge in [0.1, 0.15) is 4.90 Å². The molecule has 1 fully saturated rings. The van der Waals surface area contributed by atoms with Crippen LogP contribution in [0.5, 0.6) is 11.5 Å². The van der Waals surface area contributed by atoms with Crippen LogP contribution < -0.4 is 14.2 Å². The van der Waals surface area contributed by atoms with Crippen LogP contribution in [0.3, 0.4) is 0 Å². The van der Waals surface area contributed by atoms with Crippen LogP contribution in [0.4, 0.5) is 5.69 Å². The van der Waals surface area contributed by atoms with Gasteiger partial charge in [-0.05, 0) is 40.5 Å². The van der Waals surface area contributed by atoms with Gasteiger partial charge in [-0.25, -0.2) is 8.42 Å². The molecule has 0 spiro atoms. The second kappa shape index (κ2) is 8.47. The summed E-state index contributed by atoms with van der Waals surface area (Å²) in [7, 11) is -0.932. The predicted octanol–water partition coefficient (Wildman–Crippen LogP) is 3.70. The molecule has 27 heavy (non-hydrogen) atoms. The summed E-state index contributed by atoms with van der Waals surface area (Å²) >= 11 is 3.28. The fourth-order valence-corrected chi connectivity index (χ4v) is 4.77. The van der Waals surface area contributed by atoms with E-state index < -0.39 is 16.3 Å². The van der Waals surface area contributed by atoms with Crippen molar-refractivity contribution in [1.82, 2.24) is 0 Å². The summed E-state index contributed by atoms with van der Waals surface area (Å²) in [5.74, 6) is 0.746. The average molecular weight is 458 g/mol. The van der Waals surface area contributed by atoms with Crippen LogP contribution in [0, 0.1) is 0 Å². The maximum atomic E-state index is 12.9. The van der Waals surface area contributed by atoms with E-state index in [1.54, 1.807) is 24.3 Å². The Bertz CT molecular complexity index is 912. The van der Waals surface area contributed by atoms with Crippen molar-refractivity contribution in [2.45, 2.75) is 17.6 Å². The highest BCUT2D eigenvalue weighted by molar-refractivity contribution is 9.10. The van der Waals surface area contributed by atoms with Gasteiger partial charge in [-0.2, -0.15) is 0 Å². The Labute approximate surface area is 166 Å². The van der Waals surface area contributed by atoms with Crippen molar-refractivity contribution >= 4 is 31.6 Å². The molecule has 0 bridgehead atoms. The fourth-order valence-electron chi connectivity index (χ4n) is 2.68. The molecule has 1 aliphatic rings. The van der Waals surface area contributed by atoms with E-state index >= 15 is 0 Å². The number of hydrogen-bond acceptors (Lipinski definition) is 6. The first-order valence-electron chi connectivity index (χ1n) is 8.22. The first kappa shape index (κ1) is 19.9. The van der Waals surface area contributed by atoms with Gasteiger partial charge < -0.3 is 18.9 Å². The number of benzene rings is 2. The van der Waals surface area contributed by atoms with Gasteiger partial charge in [0.2, 0.25) is 0 Å². The van der Waals surface area contributed by atoms with E-state index in [1.807, 2.05) is 6.07 Å². The molecule has 1 N–H and O–H groups in total. The minimum absolute atomic E-state index is 0.0377. The lowest BCUT2D eigenvalue weighted by Gasteiger charge is -2.23. The lowest BCUT2D eigenvalue weighted by molar-refractivity contribution is -0.183. The molecule has 3 rings (SSSR count). The first-order chi connectivity index (χ1) is 12.9. The molecule has 0 atom stereocenters. The number of nitrogens with one attached hydrogen (secondary N) is 1. The molecule has 1 saturated heterocycles. The monoisotopic (exact) mass is 457 g/mol. The molecule has 0 unspecified atom stereocenters. The summed E-state index contributed by atoms with van der Waals surface area (Å²) < 4.78 is 50.2. The second-order valence-corrected chi connectivity index (χ2v) is 8.30. The van der Waals surface area contributed by atoms with Gasteiger partial charge in [0, 0.05) is 21.8 Å². The van der Waals surface area contributed by atoms with E-state index in [0.29, 0.717) is 34.9 Å². The number of ether oxygens (including phenoxy) is 4. The zero-order valence-electron chi connectivity index (χ0n) is 14.9. The van der Waals surface area contributed by atoms with Crippen molar-refractivity contribution in [3.63, 3.8) is 0 Å². The minimum Gasteiger partial charge on any atom is -0.493 e. The smallest absolute Gasteiger partial charge is 0.263 e. The third-order valence-corrected chi connectivity index (χ3v) is 6.31. The van der Waals surface area contributed by atoms with Crippen LogP contribution >= 0.6 is 15.9 Å². The summed E-state index contributed by atoms with van der Waals surface area (Å²) in [6, 6.07) is 9.90. The summed E-state index contributed by atoms with van der Waals surface area (Å²) in [5, 5.41) is 0. The van der Waals surface area contributed by atoms with Crippen LogP contribution in [0.25, 0.3) is 0 Å². The van der Waals surface area contributed by atoms with E-state index in [1.165, 1.54) is 20.3 Å². The van der Waals surface area contributed by atoms with Gasteiger partial charge in [0.25, 0.3) is 10.0 Å². The lowest BCUT2D eigenvalue weighted by atomic mass is 10.2. The Morgan fingerprint density at radius 2 is 1.74 bits per heavy atom. The topological polar surface area (TPSA) is 83.1 Å². The number of sulfonamides is 1. The number of rotatable bonds is 6. The van der Waals surface area contributed by atoms with Crippen LogP contribution in [0.2, 0.25) is 0 Å². The third kappa shape index (κ3) is 4.55. The van der Waals surface area contributed by atoms with Crippen molar-refractivity contribution < 1.29 is 27.4 Å². The number of halogens is 1. The van der Waals surface area contributed by atoms with E-state index in [0.717, 1.165) is 12.0 Å².